The van der Waals surface area contributed by atoms with E-state index >= 15 is 0 Å². The molecule has 1 heterocycles. The molecule has 1 atom stereocenters. The van der Waals surface area contributed by atoms with Crippen molar-refractivity contribution in [2.45, 2.75) is 6.54 Å². The van der Waals surface area contributed by atoms with E-state index in [1.165, 1.54) is 0 Å². The van der Waals surface area contributed by atoms with Crippen molar-refractivity contribution in [3.8, 4) is 5.75 Å². The van der Waals surface area contributed by atoms with Crippen molar-refractivity contribution in [1.82, 2.24) is 9.88 Å². The molecule has 2 aromatic carbocycles. The average Bonchev–Trinajstić information content (AvgIpc) is 3.10. The number of thiazole rings is 1. The zero-order chi connectivity index (χ0) is 20.8. The van der Waals surface area contributed by atoms with Crippen LogP contribution in [0.15, 0.2) is 48.5 Å². The molecule has 1 aromatic heterocycles. The highest BCUT2D eigenvalue weighted by molar-refractivity contribution is 7.18. The zero-order valence-electron chi connectivity index (χ0n) is 16.8. The molecule has 8 heteroatoms. The van der Waals surface area contributed by atoms with Crippen LogP contribution in [0.1, 0.15) is 5.01 Å². The molecule has 0 radical (unpaired) electrons. The number of hydrogen-bond acceptors (Lipinski definition) is 5. The Morgan fingerprint density at radius 2 is 1.97 bits per heavy atom. The van der Waals surface area contributed by atoms with E-state index in [1.54, 1.807) is 42.5 Å². The molecule has 7 nitrogen and oxygen atoms in total. The normalized spacial score (nSPS) is 11.8. The number of nitrogens with one attached hydrogen (secondary N) is 2. The van der Waals surface area contributed by atoms with Gasteiger partial charge in [-0.2, -0.15) is 0 Å². The van der Waals surface area contributed by atoms with Crippen LogP contribution in [-0.4, -0.2) is 56.0 Å². The Balaban J connectivity index is 1.49. The maximum absolute atomic E-state index is 12.5. The first kappa shape index (κ1) is 20.8. The molecular weight excluding hydrogens is 388 g/mol. The van der Waals surface area contributed by atoms with E-state index in [0.717, 1.165) is 20.1 Å². The Morgan fingerprint density at radius 1 is 1.17 bits per heavy atom. The number of hydrogen-bond donors (Lipinski definition) is 2. The summed E-state index contributed by atoms with van der Waals surface area (Å²) < 4.78 is 6.26. The summed E-state index contributed by atoms with van der Waals surface area (Å²) in [6.45, 7) is 0.881. The third kappa shape index (κ3) is 5.75. The number of benzene rings is 2. The SMILES string of the molecule is COc1cccc(NC(=O)C[NH+](C)CC(=O)N(C)Cc2nc3ccccc3s2)c1. The number of nitrogens with zero attached hydrogens (tertiary/aromatic N) is 2. The lowest BCUT2D eigenvalue weighted by Gasteiger charge is -2.19. The molecule has 0 saturated heterocycles. The summed E-state index contributed by atoms with van der Waals surface area (Å²) >= 11 is 1.59. The summed E-state index contributed by atoms with van der Waals surface area (Å²) in [5.74, 6) is 0.489. The van der Waals surface area contributed by atoms with Crippen LogP contribution < -0.4 is 15.0 Å². The summed E-state index contributed by atoms with van der Waals surface area (Å²) in [7, 11) is 5.17. The molecule has 0 aliphatic heterocycles. The Labute approximate surface area is 173 Å². The number of carbonyl (C=O) groups excluding carboxylic acids is 2. The van der Waals surface area contributed by atoms with Crippen LogP contribution in [-0.2, 0) is 16.1 Å². The predicted molar refractivity (Wildman–Crippen MR) is 114 cm³/mol. The summed E-state index contributed by atoms with van der Waals surface area (Å²) in [6.07, 6.45) is 0. The number of ether oxygens (including phenoxy) is 1. The van der Waals surface area contributed by atoms with E-state index in [2.05, 4.69) is 10.3 Å². The second-order valence-corrected chi connectivity index (χ2v) is 8.03. The highest BCUT2D eigenvalue weighted by Gasteiger charge is 2.18. The third-order valence-corrected chi connectivity index (χ3v) is 5.43. The van der Waals surface area contributed by atoms with Crippen LogP contribution >= 0.6 is 11.3 Å². The summed E-state index contributed by atoms with van der Waals surface area (Å²) in [6, 6.07) is 15.1. The monoisotopic (exact) mass is 413 g/mol. The quantitative estimate of drug-likeness (QED) is 0.586. The number of aromatic nitrogens is 1. The minimum absolute atomic E-state index is 0.0315. The molecule has 0 aliphatic carbocycles. The van der Waals surface area contributed by atoms with Crippen LogP contribution in [0.2, 0.25) is 0 Å². The number of anilines is 1. The molecule has 2 N–H and O–H groups in total. The lowest BCUT2D eigenvalue weighted by atomic mass is 10.3. The molecule has 0 bridgehead atoms. The van der Waals surface area contributed by atoms with Crippen molar-refractivity contribution in [2.75, 3.05) is 39.6 Å². The van der Waals surface area contributed by atoms with Crippen LogP contribution in [0.5, 0.6) is 5.75 Å². The standard InChI is InChI=1S/C21H24N4O3S/c1-24(12-19(26)22-15-7-6-8-16(11-15)28-3)14-21(27)25(2)13-20-23-17-9-4-5-10-18(17)29-20/h4-11H,12-14H2,1-3H3,(H,22,26)/p+1. The molecule has 0 aliphatic rings. The lowest BCUT2D eigenvalue weighted by Crippen LogP contribution is -3.11. The minimum Gasteiger partial charge on any atom is -0.497 e. The van der Waals surface area contributed by atoms with Gasteiger partial charge in [0.25, 0.3) is 11.8 Å². The van der Waals surface area contributed by atoms with Gasteiger partial charge in [0.1, 0.15) is 10.8 Å². The minimum atomic E-state index is -0.155. The lowest BCUT2D eigenvalue weighted by molar-refractivity contribution is -0.862. The topological polar surface area (TPSA) is 76.0 Å². The molecule has 0 saturated carbocycles. The highest BCUT2D eigenvalue weighted by atomic mass is 32.1. The number of likely N-dealkylation sites (N-methyl/N-ethyl adjacent to an activating group) is 2. The molecular formula is C21H25N4O3S+. The number of methoxy groups -OCH3 is 1. The molecule has 0 fully saturated rings. The van der Waals surface area contributed by atoms with E-state index in [9.17, 15) is 9.59 Å². The summed E-state index contributed by atoms with van der Waals surface area (Å²) in [5, 5.41) is 3.73. The predicted octanol–water partition coefficient (Wildman–Crippen LogP) is 1.42. The first-order valence-electron chi connectivity index (χ1n) is 9.28. The highest BCUT2D eigenvalue weighted by Crippen LogP contribution is 2.22. The number of carbonyl (C=O) groups is 2. The zero-order valence-corrected chi connectivity index (χ0v) is 17.6. The fourth-order valence-corrected chi connectivity index (χ4v) is 3.94. The first-order valence-corrected chi connectivity index (χ1v) is 10.1. The van der Waals surface area contributed by atoms with Crippen LogP contribution in [0.25, 0.3) is 10.2 Å². The van der Waals surface area contributed by atoms with Crippen molar-refractivity contribution in [3.63, 3.8) is 0 Å². The fraction of sp³-hybridized carbons (Fsp3) is 0.286. The van der Waals surface area contributed by atoms with Gasteiger partial charge in [-0.1, -0.05) is 18.2 Å². The van der Waals surface area contributed by atoms with Gasteiger partial charge in [-0.05, 0) is 24.3 Å². The number of para-hydroxylation sites is 1. The van der Waals surface area contributed by atoms with E-state index in [-0.39, 0.29) is 24.9 Å². The summed E-state index contributed by atoms with van der Waals surface area (Å²) in [5.41, 5.74) is 1.62. The first-order chi connectivity index (χ1) is 13.9. The summed E-state index contributed by atoms with van der Waals surface area (Å²) in [4.78, 5) is 31.8. The van der Waals surface area contributed by atoms with E-state index in [4.69, 9.17) is 4.74 Å². The second-order valence-electron chi connectivity index (χ2n) is 6.92. The number of quaternary nitrogens is 1. The molecule has 3 rings (SSSR count). The largest absolute Gasteiger partial charge is 0.497 e. The van der Waals surface area contributed by atoms with Gasteiger partial charge in [0.15, 0.2) is 13.1 Å². The van der Waals surface area contributed by atoms with Gasteiger partial charge in [-0.3, -0.25) is 9.59 Å². The Hall–Kier alpha value is -2.97. The number of rotatable bonds is 8. The van der Waals surface area contributed by atoms with E-state index in [1.807, 2.05) is 43.4 Å². The van der Waals surface area contributed by atoms with Gasteiger partial charge < -0.3 is 19.9 Å². The fourth-order valence-electron chi connectivity index (χ4n) is 2.91. The van der Waals surface area contributed by atoms with Gasteiger partial charge in [-0.25, -0.2) is 4.98 Å². The second kappa shape index (κ2) is 9.49. The van der Waals surface area contributed by atoms with Gasteiger partial charge in [-0.15, -0.1) is 11.3 Å². The van der Waals surface area contributed by atoms with E-state index < -0.39 is 0 Å². The number of amides is 2. The van der Waals surface area contributed by atoms with Crippen LogP contribution in [0, 0.1) is 0 Å². The molecule has 2 amide bonds. The van der Waals surface area contributed by atoms with Crippen molar-refractivity contribution < 1.29 is 19.2 Å². The molecule has 29 heavy (non-hydrogen) atoms. The average molecular weight is 414 g/mol. The van der Waals surface area contributed by atoms with E-state index in [0.29, 0.717) is 18.0 Å². The van der Waals surface area contributed by atoms with Crippen molar-refractivity contribution in [1.29, 1.82) is 0 Å². The molecule has 152 valence electrons. The van der Waals surface area contributed by atoms with Crippen molar-refractivity contribution in [2.24, 2.45) is 0 Å². The van der Waals surface area contributed by atoms with Crippen molar-refractivity contribution in [3.05, 3.63) is 53.5 Å². The van der Waals surface area contributed by atoms with Crippen LogP contribution in [0.4, 0.5) is 5.69 Å². The van der Waals surface area contributed by atoms with Gasteiger partial charge in [0, 0.05) is 18.8 Å². The Kier molecular flexibility index (Phi) is 6.79. The third-order valence-electron chi connectivity index (χ3n) is 4.41. The van der Waals surface area contributed by atoms with Gasteiger partial charge >= 0.3 is 0 Å². The van der Waals surface area contributed by atoms with Crippen LogP contribution in [0.3, 0.4) is 0 Å². The molecule has 1 unspecified atom stereocenters. The maximum atomic E-state index is 12.5. The number of fused-ring (bicyclic) bond motifs is 1. The molecule has 3 aromatic rings. The molecule has 0 spiro atoms. The maximum Gasteiger partial charge on any atom is 0.279 e. The van der Waals surface area contributed by atoms with Crippen molar-refractivity contribution >= 4 is 39.1 Å². The van der Waals surface area contributed by atoms with Gasteiger partial charge in [0.2, 0.25) is 0 Å². The smallest absolute Gasteiger partial charge is 0.279 e. The Bertz CT molecular complexity index is 971. The Morgan fingerprint density at radius 3 is 2.72 bits per heavy atom. The van der Waals surface area contributed by atoms with Gasteiger partial charge in [0.05, 0.1) is 30.9 Å².